The van der Waals surface area contributed by atoms with E-state index in [4.69, 9.17) is 10.5 Å². The van der Waals surface area contributed by atoms with E-state index in [2.05, 4.69) is 5.32 Å². The molecule has 0 saturated heterocycles. The van der Waals surface area contributed by atoms with Crippen LogP contribution >= 0.6 is 0 Å². The Bertz CT molecular complexity index is 354. The van der Waals surface area contributed by atoms with Crippen LogP contribution in [0.1, 0.15) is 13.3 Å². The minimum atomic E-state index is -0.528. The molecule has 1 atom stereocenters. The molecular formula is C12H17FN2O2. The summed E-state index contributed by atoms with van der Waals surface area (Å²) in [5.74, 6) is -0.274. The number of halogens is 1. The number of ether oxygens (including phenoxy) is 1. The van der Waals surface area contributed by atoms with Crippen molar-refractivity contribution >= 4 is 5.91 Å². The number of amides is 1. The van der Waals surface area contributed by atoms with Gasteiger partial charge in [0, 0.05) is 0 Å². The van der Waals surface area contributed by atoms with E-state index in [-0.39, 0.29) is 12.4 Å². The van der Waals surface area contributed by atoms with Gasteiger partial charge in [-0.3, -0.25) is 4.79 Å². The molecule has 0 saturated carbocycles. The van der Waals surface area contributed by atoms with Gasteiger partial charge in [0.25, 0.3) is 0 Å². The van der Waals surface area contributed by atoms with Crippen molar-refractivity contribution < 1.29 is 13.9 Å². The number of rotatable bonds is 7. The second-order valence-corrected chi connectivity index (χ2v) is 3.67. The third kappa shape index (κ3) is 4.82. The quantitative estimate of drug-likeness (QED) is 0.749. The second kappa shape index (κ2) is 6.85. The molecule has 17 heavy (non-hydrogen) atoms. The first kappa shape index (κ1) is 13.4. The Morgan fingerprint density at radius 3 is 2.65 bits per heavy atom. The molecule has 0 heterocycles. The summed E-state index contributed by atoms with van der Waals surface area (Å²) in [6.07, 6.45) is 0.903. The maximum atomic E-state index is 12.6. The molecule has 0 radical (unpaired) electrons. The molecule has 0 aliphatic heterocycles. The fourth-order valence-corrected chi connectivity index (χ4v) is 1.27. The SMILES string of the molecule is CCCNC(COc1ccc(F)cc1)C(N)=O. The molecule has 3 N–H and O–H groups in total. The molecule has 1 rings (SSSR count). The van der Waals surface area contributed by atoms with Crippen molar-refractivity contribution in [2.45, 2.75) is 19.4 Å². The van der Waals surface area contributed by atoms with Gasteiger partial charge in [0.2, 0.25) is 5.91 Å². The topological polar surface area (TPSA) is 64.3 Å². The van der Waals surface area contributed by atoms with Gasteiger partial charge >= 0.3 is 0 Å². The van der Waals surface area contributed by atoms with Crippen LogP contribution in [-0.4, -0.2) is 25.1 Å². The highest BCUT2D eigenvalue weighted by atomic mass is 19.1. The van der Waals surface area contributed by atoms with Crippen molar-refractivity contribution in [3.63, 3.8) is 0 Å². The van der Waals surface area contributed by atoms with Crippen LogP contribution in [0.15, 0.2) is 24.3 Å². The van der Waals surface area contributed by atoms with Crippen LogP contribution in [0.2, 0.25) is 0 Å². The first-order valence-electron chi connectivity index (χ1n) is 5.54. The third-order valence-electron chi connectivity index (χ3n) is 2.21. The number of carbonyl (C=O) groups is 1. The average molecular weight is 240 g/mol. The van der Waals surface area contributed by atoms with E-state index < -0.39 is 11.9 Å². The minimum absolute atomic E-state index is 0.140. The zero-order chi connectivity index (χ0) is 12.7. The van der Waals surface area contributed by atoms with E-state index >= 15 is 0 Å². The van der Waals surface area contributed by atoms with Gasteiger partial charge in [0.05, 0.1) is 0 Å². The number of carbonyl (C=O) groups excluding carboxylic acids is 1. The van der Waals surface area contributed by atoms with Gasteiger partial charge in [-0.05, 0) is 37.2 Å². The summed E-state index contributed by atoms with van der Waals surface area (Å²) in [5, 5.41) is 2.98. The lowest BCUT2D eigenvalue weighted by molar-refractivity contribution is -0.120. The Hall–Kier alpha value is -1.62. The van der Waals surface area contributed by atoms with Crippen LogP contribution in [-0.2, 0) is 4.79 Å². The van der Waals surface area contributed by atoms with Crippen molar-refractivity contribution in [3.8, 4) is 5.75 Å². The van der Waals surface area contributed by atoms with Crippen molar-refractivity contribution in [2.24, 2.45) is 5.73 Å². The highest BCUT2D eigenvalue weighted by Crippen LogP contribution is 2.11. The van der Waals surface area contributed by atoms with Gasteiger partial charge < -0.3 is 15.8 Å². The first-order valence-corrected chi connectivity index (χ1v) is 5.54. The van der Waals surface area contributed by atoms with E-state index in [1.54, 1.807) is 0 Å². The lowest BCUT2D eigenvalue weighted by atomic mass is 10.3. The number of primary amides is 1. The molecule has 1 amide bonds. The van der Waals surface area contributed by atoms with Crippen molar-refractivity contribution in [2.75, 3.05) is 13.2 Å². The number of hydrogen-bond acceptors (Lipinski definition) is 3. The van der Waals surface area contributed by atoms with Crippen LogP contribution in [0.4, 0.5) is 4.39 Å². The summed E-state index contributed by atoms with van der Waals surface area (Å²) < 4.78 is 18.0. The Kier molecular flexibility index (Phi) is 5.42. The van der Waals surface area contributed by atoms with Gasteiger partial charge in [-0.15, -0.1) is 0 Å². The summed E-state index contributed by atoms with van der Waals surface area (Å²) >= 11 is 0. The highest BCUT2D eigenvalue weighted by molar-refractivity contribution is 5.80. The van der Waals surface area contributed by atoms with Crippen LogP contribution < -0.4 is 15.8 Å². The highest BCUT2D eigenvalue weighted by Gasteiger charge is 2.14. The molecular weight excluding hydrogens is 223 g/mol. The molecule has 0 bridgehead atoms. The number of hydrogen-bond donors (Lipinski definition) is 2. The van der Waals surface area contributed by atoms with Gasteiger partial charge in [0.15, 0.2) is 0 Å². The average Bonchev–Trinajstić information content (AvgIpc) is 2.31. The summed E-state index contributed by atoms with van der Waals surface area (Å²) in [6.45, 7) is 2.83. The molecule has 4 nitrogen and oxygen atoms in total. The van der Waals surface area contributed by atoms with E-state index in [1.165, 1.54) is 24.3 Å². The maximum absolute atomic E-state index is 12.6. The molecule has 0 aliphatic carbocycles. The Labute approximate surface area is 100.0 Å². The molecule has 0 aliphatic rings. The fraction of sp³-hybridized carbons (Fsp3) is 0.417. The standard InChI is InChI=1S/C12H17FN2O2/c1-2-7-15-11(12(14)16)8-17-10-5-3-9(13)4-6-10/h3-6,11,15H,2,7-8H2,1H3,(H2,14,16). The van der Waals surface area contributed by atoms with Gasteiger partial charge in [-0.1, -0.05) is 6.92 Å². The first-order chi connectivity index (χ1) is 8.13. The second-order valence-electron chi connectivity index (χ2n) is 3.67. The molecule has 1 unspecified atom stereocenters. The Morgan fingerprint density at radius 1 is 1.47 bits per heavy atom. The normalized spacial score (nSPS) is 12.1. The third-order valence-corrected chi connectivity index (χ3v) is 2.21. The monoisotopic (exact) mass is 240 g/mol. The lowest BCUT2D eigenvalue weighted by Crippen LogP contribution is -2.45. The molecule has 94 valence electrons. The van der Waals surface area contributed by atoms with E-state index in [0.29, 0.717) is 12.3 Å². The number of nitrogens with one attached hydrogen (secondary N) is 1. The molecule has 0 aromatic heterocycles. The maximum Gasteiger partial charge on any atom is 0.238 e. The smallest absolute Gasteiger partial charge is 0.238 e. The predicted molar refractivity (Wildman–Crippen MR) is 63.2 cm³/mol. The van der Waals surface area contributed by atoms with Crippen LogP contribution in [0.3, 0.4) is 0 Å². The van der Waals surface area contributed by atoms with Gasteiger partial charge in [0.1, 0.15) is 24.2 Å². The van der Waals surface area contributed by atoms with Crippen LogP contribution in [0.25, 0.3) is 0 Å². The van der Waals surface area contributed by atoms with E-state index in [0.717, 1.165) is 6.42 Å². The molecule has 0 fully saturated rings. The fourth-order valence-electron chi connectivity index (χ4n) is 1.27. The van der Waals surface area contributed by atoms with Crippen LogP contribution in [0, 0.1) is 5.82 Å². The zero-order valence-electron chi connectivity index (χ0n) is 9.78. The minimum Gasteiger partial charge on any atom is -0.491 e. The summed E-state index contributed by atoms with van der Waals surface area (Å²) in [5.41, 5.74) is 5.22. The lowest BCUT2D eigenvalue weighted by Gasteiger charge is -2.15. The van der Waals surface area contributed by atoms with Crippen molar-refractivity contribution in [3.05, 3.63) is 30.1 Å². The van der Waals surface area contributed by atoms with E-state index in [1.807, 2.05) is 6.92 Å². The molecule has 0 spiro atoms. The Balaban J connectivity index is 2.45. The molecule has 1 aromatic rings. The number of benzene rings is 1. The van der Waals surface area contributed by atoms with E-state index in [9.17, 15) is 9.18 Å². The molecule has 1 aromatic carbocycles. The van der Waals surface area contributed by atoms with Crippen molar-refractivity contribution in [1.82, 2.24) is 5.32 Å². The number of nitrogens with two attached hydrogens (primary N) is 1. The zero-order valence-corrected chi connectivity index (χ0v) is 9.78. The Morgan fingerprint density at radius 2 is 2.12 bits per heavy atom. The summed E-state index contributed by atoms with van der Waals surface area (Å²) in [7, 11) is 0. The van der Waals surface area contributed by atoms with Crippen LogP contribution in [0.5, 0.6) is 5.75 Å². The molecule has 5 heteroatoms. The predicted octanol–water partition coefficient (Wildman–Crippen LogP) is 1.06. The van der Waals surface area contributed by atoms with Crippen molar-refractivity contribution in [1.29, 1.82) is 0 Å². The summed E-state index contributed by atoms with van der Waals surface area (Å²) in [4.78, 5) is 11.1. The largest absolute Gasteiger partial charge is 0.491 e. The summed E-state index contributed by atoms with van der Waals surface area (Å²) in [6, 6.07) is 5.09. The van der Waals surface area contributed by atoms with Gasteiger partial charge in [-0.25, -0.2) is 4.39 Å². The van der Waals surface area contributed by atoms with Gasteiger partial charge in [-0.2, -0.15) is 0 Å².